The SMILES string of the molecule is CCCc1nc(-c2cccc(Cl)c2Cl)oc1C(=O)O. The van der Waals surface area contributed by atoms with Gasteiger partial charge in [-0.25, -0.2) is 9.78 Å². The molecule has 1 aromatic heterocycles. The molecule has 0 aliphatic carbocycles. The molecule has 0 saturated carbocycles. The Morgan fingerprint density at radius 1 is 1.42 bits per heavy atom. The third-order valence-corrected chi connectivity index (χ3v) is 3.38. The molecule has 0 aliphatic rings. The van der Waals surface area contributed by atoms with Crippen LogP contribution in [0.15, 0.2) is 22.6 Å². The molecule has 0 unspecified atom stereocenters. The number of hydrogen-bond donors (Lipinski definition) is 1. The lowest BCUT2D eigenvalue weighted by Crippen LogP contribution is -1.99. The number of rotatable bonds is 4. The highest BCUT2D eigenvalue weighted by Gasteiger charge is 2.21. The van der Waals surface area contributed by atoms with E-state index in [4.69, 9.17) is 32.7 Å². The monoisotopic (exact) mass is 299 g/mol. The van der Waals surface area contributed by atoms with Gasteiger partial charge in [0.05, 0.1) is 21.3 Å². The van der Waals surface area contributed by atoms with E-state index in [1.54, 1.807) is 18.2 Å². The van der Waals surface area contributed by atoms with Gasteiger partial charge in [0, 0.05) is 0 Å². The van der Waals surface area contributed by atoms with Crippen LogP contribution in [0.4, 0.5) is 0 Å². The highest BCUT2D eigenvalue weighted by molar-refractivity contribution is 6.43. The van der Waals surface area contributed by atoms with Crippen molar-refractivity contribution in [3.63, 3.8) is 0 Å². The first-order valence-electron chi connectivity index (χ1n) is 5.72. The van der Waals surface area contributed by atoms with E-state index in [0.29, 0.717) is 27.7 Å². The number of carboxylic acids is 1. The van der Waals surface area contributed by atoms with Crippen LogP contribution in [-0.2, 0) is 6.42 Å². The van der Waals surface area contributed by atoms with E-state index >= 15 is 0 Å². The summed E-state index contributed by atoms with van der Waals surface area (Å²) in [6, 6.07) is 5.02. The smallest absolute Gasteiger partial charge is 0.373 e. The predicted molar refractivity (Wildman–Crippen MR) is 72.9 cm³/mol. The van der Waals surface area contributed by atoms with Crippen molar-refractivity contribution < 1.29 is 14.3 Å². The van der Waals surface area contributed by atoms with Gasteiger partial charge >= 0.3 is 5.97 Å². The van der Waals surface area contributed by atoms with Crippen LogP contribution in [0.25, 0.3) is 11.5 Å². The Bertz CT molecular complexity index is 622. The van der Waals surface area contributed by atoms with Crippen LogP contribution >= 0.6 is 23.2 Å². The topological polar surface area (TPSA) is 63.3 Å². The Kier molecular flexibility index (Phi) is 4.12. The largest absolute Gasteiger partial charge is 0.475 e. The number of benzene rings is 1. The average molecular weight is 300 g/mol. The zero-order chi connectivity index (χ0) is 14.0. The third kappa shape index (κ3) is 2.74. The van der Waals surface area contributed by atoms with Gasteiger partial charge in [-0.15, -0.1) is 0 Å². The molecular formula is C13H11Cl2NO3. The molecule has 19 heavy (non-hydrogen) atoms. The van der Waals surface area contributed by atoms with Crippen LogP contribution in [-0.4, -0.2) is 16.1 Å². The van der Waals surface area contributed by atoms with E-state index in [0.717, 1.165) is 6.42 Å². The molecule has 1 N–H and O–H groups in total. The predicted octanol–water partition coefficient (Wildman–Crippen LogP) is 4.30. The number of oxazole rings is 1. The third-order valence-electron chi connectivity index (χ3n) is 2.56. The fourth-order valence-electron chi connectivity index (χ4n) is 1.71. The lowest BCUT2D eigenvalue weighted by molar-refractivity contribution is 0.0661. The minimum atomic E-state index is -1.14. The number of aryl methyl sites for hydroxylation is 1. The Hall–Kier alpha value is -1.52. The summed E-state index contributed by atoms with van der Waals surface area (Å²) in [5, 5.41) is 9.75. The van der Waals surface area contributed by atoms with Crippen LogP contribution in [0.3, 0.4) is 0 Å². The first kappa shape index (κ1) is 13.9. The van der Waals surface area contributed by atoms with Gasteiger partial charge in [0.1, 0.15) is 0 Å². The minimum absolute atomic E-state index is 0.145. The van der Waals surface area contributed by atoms with Crippen LogP contribution in [0.2, 0.25) is 10.0 Å². The Morgan fingerprint density at radius 3 is 2.79 bits per heavy atom. The van der Waals surface area contributed by atoms with E-state index in [2.05, 4.69) is 4.98 Å². The number of nitrogens with zero attached hydrogens (tertiary/aromatic N) is 1. The van der Waals surface area contributed by atoms with Crippen molar-refractivity contribution in [1.29, 1.82) is 0 Å². The second-order valence-electron chi connectivity index (χ2n) is 3.95. The van der Waals surface area contributed by atoms with Gasteiger partial charge in [-0.1, -0.05) is 42.6 Å². The molecule has 2 rings (SSSR count). The maximum Gasteiger partial charge on any atom is 0.373 e. The molecular weight excluding hydrogens is 289 g/mol. The molecule has 1 heterocycles. The number of halogens is 2. The highest BCUT2D eigenvalue weighted by atomic mass is 35.5. The number of carbonyl (C=O) groups is 1. The van der Waals surface area contributed by atoms with Gasteiger partial charge in [-0.3, -0.25) is 0 Å². The summed E-state index contributed by atoms with van der Waals surface area (Å²) in [4.78, 5) is 15.3. The van der Waals surface area contributed by atoms with E-state index in [9.17, 15) is 4.79 Å². The van der Waals surface area contributed by atoms with E-state index < -0.39 is 5.97 Å². The molecule has 2 aromatic rings. The summed E-state index contributed by atoms with van der Waals surface area (Å²) in [5.41, 5.74) is 0.903. The van der Waals surface area contributed by atoms with Crippen LogP contribution in [0.1, 0.15) is 29.6 Å². The summed E-state index contributed by atoms with van der Waals surface area (Å²) in [6.45, 7) is 1.94. The average Bonchev–Trinajstić information content (AvgIpc) is 2.77. The fourth-order valence-corrected chi connectivity index (χ4v) is 2.09. The van der Waals surface area contributed by atoms with Crippen LogP contribution < -0.4 is 0 Å². The van der Waals surface area contributed by atoms with Crippen molar-refractivity contribution in [2.75, 3.05) is 0 Å². The lowest BCUT2D eigenvalue weighted by Gasteiger charge is -2.00. The molecule has 1 aromatic carbocycles. The fraction of sp³-hybridized carbons (Fsp3) is 0.231. The second-order valence-corrected chi connectivity index (χ2v) is 4.74. The molecule has 0 bridgehead atoms. The highest BCUT2D eigenvalue weighted by Crippen LogP contribution is 2.34. The summed E-state index contributed by atoms with van der Waals surface area (Å²) < 4.78 is 5.30. The maximum atomic E-state index is 11.1. The van der Waals surface area contributed by atoms with Crippen molar-refractivity contribution in [3.05, 3.63) is 39.7 Å². The first-order valence-corrected chi connectivity index (χ1v) is 6.47. The van der Waals surface area contributed by atoms with E-state index in [-0.39, 0.29) is 11.7 Å². The van der Waals surface area contributed by atoms with Gasteiger partial charge in [0.25, 0.3) is 0 Å². The molecule has 0 fully saturated rings. The Morgan fingerprint density at radius 2 is 2.16 bits per heavy atom. The van der Waals surface area contributed by atoms with Gasteiger partial charge < -0.3 is 9.52 Å². The molecule has 0 atom stereocenters. The molecule has 0 aliphatic heterocycles. The quantitative estimate of drug-likeness (QED) is 0.914. The zero-order valence-corrected chi connectivity index (χ0v) is 11.6. The minimum Gasteiger partial charge on any atom is -0.475 e. The molecule has 0 saturated heterocycles. The van der Waals surface area contributed by atoms with Gasteiger partial charge in [-0.05, 0) is 18.6 Å². The van der Waals surface area contributed by atoms with Crippen molar-refractivity contribution >= 4 is 29.2 Å². The van der Waals surface area contributed by atoms with Crippen LogP contribution in [0, 0.1) is 0 Å². The summed E-state index contributed by atoms with van der Waals surface area (Å²) in [5.74, 6) is -1.11. The lowest BCUT2D eigenvalue weighted by atomic mass is 10.2. The normalized spacial score (nSPS) is 10.7. The van der Waals surface area contributed by atoms with Gasteiger partial charge in [0.15, 0.2) is 0 Å². The summed E-state index contributed by atoms with van der Waals surface area (Å²) >= 11 is 12.0. The Labute approximate surface area is 120 Å². The Balaban J connectivity index is 2.54. The second kappa shape index (κ2) is 5.63. The number of aromatic carboxylic acids is 1. The van der Waals surface area contributed by atoms with E-state index in [1.807, 2.05) is 6.92 Å². The van der Waals surface area contributed by atoms with Crippen molar-refractivity contribution in [2.24, 2.45) is 0 Å². The summed E-state index contributed by atoms with van der Waals surface area (Å²) in [6.07, 6.45) is 1.30. The molecule has 0 radical (unpaired) electrons. The van der Waals surface area contributed by atoms with Crippen LogP contribution in [0.5, 0.6) is 0 Å². The molecule has 0 spiro atoms. The number of hydrogen-bond acceptors (Lipinski definition) is 3. The standard InChI is InChI=1S/C13H11Cl2NO3/c1-2-4-9-11(13(17)18)19-12(16-9)7-5-3-6-8(14)10(7)15/h3,5-6H,2,4H2,1H3,(H,17,18). The number of carboxylic acid groups (broad SMARTS) is 1. The van der Waals surface area contributed by atoms with Crippen molar-refractivity contribution in [3.8, 4) is 11.5 Å². The van der Waals surface area contributed by atoms with Crippen molar-refractivity contribution in [2.45, 2.75) is 19.8 Å². The van der Waals surface area contributed by atoms with Gasteiger partial charge in [0.2, 0.25) is 11.7 Å². The zero-order valence-electron chi connectivity index (χ0n) is 10.1. The first-order chi connectivity index (χ1) is 9.04. The molecule has 4 nitrogen and oxygen atoms in total. The molecule has 6 heteroatoms. The van der Waals surface area contributed by atoms with E-state index in [1.165, 1.54) is 0 Å². The van der Waals surface area contributed by atoms with Crippen molar-refractivity contribution in [1.82, 2.24) is 4.98 Å². The maximum absolute atomic E-state index is 11.1. The molecule has 100 valence electrons. The van der Waals surface area contributed by atoms with Gasteiger partial charge in [-0.2, -0.15) is 0 Å². The summed E-state index contributed by atoms with van der Waals surface area (Å²) in [7, 11) is 0. The number of aromatic nitrogens is 1. The molecule has 0 amide bonds.